The monoisotopic (exact) mass is 621 g/mol. The fourth-order valence-electron chi connectivity index (χ4n) is 9.49. The number of rotatable bonds is 1. The van der Waals surface area contributed by atoms with Crippen molar-refractivity contribution in [3.8, 4) is 11.5 Å². The van der Waals surface area contributed by atoms with Crippen molar-refractivity contribution in [2.45, 2.75) is 129 Å². The molecule has 0 fully saturated rings. The van der Waals surface area contributed by atoms with Crippen molar-refractivity contribution in [1.29, 1.82) is 0 Å². The third kappa shape index (κ3) is 4.37. The first-order valence-electron chi connectivity index (χ1n) is 18.0. The van der Waals surface area contributed by atoms with Gasteiger partial charge in [-0.3, -0.25) is 0 Å². The highest BCUT2D eigenvalue weighted by atomic mass is 16.5. The Morgan fingerprint density at radius 3 is 1.89 bits per heavy atom. The smallest absolute Gasteiger partial charge is 0.256 e. The third-order valence-electron chi connectivity index (χ3n) is 12.6. The van der Waals surface area contributed by atoms with Gasteiger partial charge in [0.05, 0.1) is 5.69 Å². The minimum Gasteiger partial charge on any atom is -0.458 e. The topological polar surface area (TPSA) is 12.5 Å². The molecule has 0 bridgehead atoms. The summed E-state index contributed by atoms with van der Waals surface area (Å²) in [5, 5.41) is 0. The normalized spacial score (nSPS) is 20.7. The Kier molecular flexibility index (Phi) is 6.29. The molecule has 2 nitrogen and oxygen atoms in total. The van der Waals surface area contributed by atoms with Crippen LogP contribution in [0.1, 0.15) is 130 Å². The van der Waals surface area contributed by atoms with Crippen LogP contribution in [0.15, 0.2) is 66.7 Å². The molecule has 0 spiro atoms. The number of para-hydroxylation sites is 1. The molecule has 0 atom stereocenters. The van der Waals surface area contributed by atoms with Gasteiger partial charge >= 0.3 is 0 Å². The van der Waals surface area contributed by atoms with E-state index in [9.17, 15) is 0 Å². The molecule has 3 heteroatoms. The van der Waals surface area contributed by atoms with Gasteiger partial charge in [0.2, 0.25) is 0 Å². The molecule has 0 aromatic heterocycles. The summed E-state index contributed by atoms with van der Waals surface area (Å²) in [4.78, 5) is 2.74. The molecule has 0 radical (unpaired) electrons. The van der Waals surface area contributed by atoms with Crippen molar-refractivity contribution in [2.24, 2.45) is 0 Å². The Labute approximate surface area is 284 Å². The highest BCUT2D eigenvalue weighted by Gasteiger charge is 2.49. The molecule has 0 saturated carbocycles. The van der Waals surface area contributed by atoms with Crippen LogP contribution in [-0.2, 0) is 27.1 Å². The van der Waals surface area contributed by atoms with Gasteiger partial charge in [0.15, 0.2) is 0 Å². The van der Waals surface area contributed by atoms with Crippen LogP contribution in [0.4, 0.5) is 17.1 Å². The Morgan fingerprint density at radius 1 is 0.596 bits per heavy atom. The van der Waals surface area contributed by atoms with Crippen LogP contribution in [0.25, 0.3) is 0 Å². The van der Waals surface area contributed by atoms with E-state index < -0.39 is 0 Å². The molecule has 2 aliphatic carbocycles. The molecule has 0 N–H and O–H groups in total. The standard InChI is InChI=1S/C44H52BNO/c1-40(2,3)27-25-33-38-35(26-27)47-34-18-13-12-16-30(34)45(38)31-20-19-29-37(44(10,11)24-22-42(29,6)7)39(31)46(33)32-17-14-15-28-36(32)43(8,9)23-21-41(28,4)5/h12-20,25-26H,21-24H2,1-11H3. The highest BCUT2D eigenvalue weighted by Crippen LogP contribution is 2.56. The summed E-state index contributed by atoms with van der Waals surface area (Å²) in [5.74, 6) is 1.99. The van der Waals surface area contributed by atoms with Crippen molar-refractivity contribution in [1.82, 2.24) is 0 Å². The van der Waals surface area contributed by atoms with E-state index in [2.05, 4.69) is 148 Å². The number of ether oxygens (including phenoxy) is 1. The first-order chi connectivity index (χ1) is 21.9. The molecular weight excluding hydrogens is 569 g/mol. The van der Waals surface area contributed by atoms with Crippen LogP contribution in [0.2, 0.25) is 0 Å². The number of fused-ring (bicyclic) bond motifs is 7. The number of benzene rings is 4. The maximum atomic E-state index is 6.91. The Morgan fingerprint density at radius 2 is 1.21 bits per heavy atom. The van der Waals surface area contributed by atoms with E-state index in [1.807, 2.05) is 0 Å². The maximum Gasteiger partial charge on any atom is 0.256 e. The van der Waals surface area contributed by atoms with Gasteiger partial charge in [-0.15, -0.1) is 0 Å². The Hall–Kier alpha value is -3.46. The van der Waals surface area contributed by atoms with E-state index in [1.54, 1.807) is 0 Å². The summed E-state index contributed by atoms with van der Waals surface area (Å²) in [6.45, 7) is 26.9. The summed E-state index contributed by atoms with van der Waals surface area (Å²) in [5.41, 5.74) is 15.7. The Bertz CT molecular complexity index is 1970. The van der Waals surface area contributed by atoms with Gasteiger partial charge in [0.25, 0.3) is 6.71 Å². The van der Waals surface area contributed by atoms with Crippen molar-refractivity contribution in [2.75, 3.05) is 4.90 Å². The van der Waals surface area contributed by atoms with Gasteiger partial charge in [0, 0.05) is 11.4 Å². The average molecular weight is 622 g/mol. The second-order valence-corrected chi connectivity index (χ2v) is 18.7. The molecular formula is C44H52BNO. The molecule has 4 aromatic carbocycles. The largest absolute Gasteiger partial charge is 0.458 e. The van der Waals surface area contributed by atoms with E-state index in [0.717, 1.165) is 11.5 Å². The molecule has 47 heavy (non-hydrogen) atoms. The van der Waals surface area contributed by atoms with Gasteiger partial charge in [-0.2, -0.15) is 0 Å². The summed E-state index contributed by atoms with van der Waals surface area (Å²) in [6, 6.07) is 25.8. The SMILES string of the molecule is CC(C)(C)c1cc2c3c(c1)N(c1cccc4c1C(C)(C)CCC4(C)C)c1c(ccc4c1C(C)(C)CCC4(C)C)B3c1ccccc1O2. The maximum absolute atomic E-state index is 6.91. The zero-order chi connectivity index (χ0) is 33.5. The number of hydrogen-bond acceptors (Lipinski definition) is 2. The summed E-state index contributed by atoms with van der Waals surface area (Å²) < 4.78 is 6.91. The van der Waals surface area contributed by atoms with E-state index >= 15 is 0 Å². The minimum absolute atomic E-state index is 0.0325. The number of nitrogens with zero attached hydrogens (tertiary/aromatic N) is 1. The second kappa shape index (κ2) is 9.58. The quantitative estimate of drug-likeness (QED) is 0.170. The van der Waals surface area contributed by atoms with Crippen LogP contribution < -0.4 is 26.0 Å². The minimum atomic E-state index is -0.0396. The van der Waals surface area contributed by atoms with Crippen molar-refractivity contribution >= 4 is 40.2 Å². The van der Waals surface area contributed by atoms with Gasteiger partial charge in [0.1, 0.15) is 11.5 Å². The van der Waals surface area contributed by atoms with Crippen molar-refractivity contribution in [3.05, 3.63) is 94.5 Å². The lowest BCUT2D eigenvalue weighted by atomic mass is 9.33. The van der Waals surface area contributed by atoms with Crippen LogP contribution >= 0.6 is 0 Å². The van der Waals surface area contributed by atoms with Crippen LogP contribution in [0.3, 0.4) is 0 Å². The summed E-state index contributed by atoms with van der Waals surface area (Å²) >= 11 is 0. The highest BCUT2D eigenvalue weighted by molar-refractivity contribution is 6.99. The fraction of sp³-hybridized carbons (Fsp3) is 0.455. The van der Waals surface area contributed by atoms with Crippen LogP contribution in [-0.4, -0.2) is 6.71 Å². The lowest BCUT2D eigenvalue weighted by molar-refractivity contribution is 0.331. The first kappa shape index (κ1) is 30.9. The molecule has 2 heterocycles. The lowest BCUT2D eigenvalue weighted by Crippen LogP contribution is -2.60. The van der Waals surface area contributed by atoms with E-state index in [4.69, 9.17) is 4.74 Å². The summed E-state index contributed by atoms with van der Waals surface area (Å²) in [7, 11) is 0. The molecule has 4 aliphatic rings. The third-order valence-corrected chi connectivity index (χ3v) is 12.6. The van der Waals surface area contributed by atoms with Crippen molar-refractivity contribution in [3.63, 3.8) is 0 Å². The van der Waals surface area contributed by atoms with Gasteiger partial charge in [-0.1, -0.05) is 119 Å². The fourth-order valence-corrected chi connectivity index (χ4v) is 9.49. The molecule has 0 saturated heterocycles. The summed E-state index contributed by atoms with van der Waals surface area (Å²) in [6.07, 6.45) is 4.75. The second-order valence-electron chi connectivity index (χ2n) is 18.7. The first-order valence-corrected chi connectivity index (χ1v) is 18.0. The van der Waals surface area contributed by atoms with E-state index in [1.165, 1.54) is 87.0 Å². The van der Waals surface area contributed by atoms with Gasteiger partial charge in [-0.05, 0) is 121 Å². The predicted molar refractivity (Wildman–Crippen MR) is 202 cm³/mol. The van der Waals surface area contributed by atoms with Crippen molar-refractivity contribution < 1.29 is 4.74 Å². The molecule has 0 amide bonds. The zero-order valence-electron chi connectivity index (χ0n) is 30.6. The average Bonchev–Trinajstić information content (AvgIpc) is 3.00. The molecule has 2 aliphatic heterocycles. The Balaban J connectivity index is 1.57. The van der Waals surface area contributed by atoms with Gasteiger partial charge in [-0.25, -0.2) is 0 Å². The van der Waals surface area contributed by atoms with Gasteiger partial charge < -0.3 is 9.64 Å². The van der Waals surface area contributed by atoms with Crippen LogP contribution in [0.5, 0.6) is 11.5 Å². The molecule has 4 aromatic rings. The predicted octanol–water partition coefficient (Wildman–Crippen LogP) is 10.1. The number of anilines is 3. The molecule has 242 valence electrons. The zero-order valence-corrected chi connectivity index (χ0v) is 30.6. The number of hydrogen-bond donors (Lipinski definition) is 0. The molecule has 0 unspecified atom stereocenters. The van der Waals surface area contributed by atoms with E-state index in [0.29, 0.717) is 0 Å². The lowest BCUT2D eigenvalue weighted by Gasteiger charge is -2.50. The van der Waals surface area contributed by atoms with E-state index in [-0.39, 0.29) is 33.8 Å². The molecule has 8 rings (SSSR count). The van der Waals surface area contributed by atoms with Crippen LogP contribution in [0, 0.1) is 0 Å².